The SMILES string of the molecule is CCCCCN(CCC(NCCC)C(=O)O)C(C)C. The maximum atomic E-state index is 11.2. The Labute approximate surface area is 118 Å². The van der Waals surface area contributed by atoms with Crippen molar-refractivity contribution >= 4 is 5.97 Å². The molecule has 114 valence electrons. The number of nitrogens with zero attached hydrogens (tertiary/aromatic N) is 1. The number of carboxylic acids is 1. The second kappa shape index (κ2) is 11.2. The lowest BCUT2D eigenvalue weighted by molar-refractivity contribution is -0.139. The highest BCUT2D eigenvalue weighted by molar-refractivity contribution is 5.73. The Bertz CT molecular complexity index is 232. The summed E-state index contributed by atoms with van der Waals surface area (Å²) in [5.41, 5.74) is 0. The fourth-order valence-electron chi connectivity index (χ4n) is 2.12. The van der Waals surface area contributed by atoms with Crippen LogP contribution in [0.4, 0.5) is 0 Å². The first kappa shape index (κ1) is 18.4. The predicted molar refractivity (Wildman–Crippen MR) is 80.6 cm³/mol. The summed E-state index contributed by atoms with van der Waals surface area (Å²) in [5.74, 6) is -0.731. The number of carbonyl (C=O) groups is 1. The average Bonchev–Trinajstić information content (AvgIpc) is 2.35. The molecule has 4 heteroatoms. The number of rotatable bonds is 12. The Morgan fingerprint density at radius 3 is 2.32 bits per heavy atom. The Balaban J connectivity index is 4.14. The van der Waals surface area contributed by atoms with Gasteiger partial charge in [0.15, 0.2) is 0 Å². The van der Waals surface area contributed by atoms with Gasteiger partial charge in [0.1, 0.15) is 6.04 Å². The summed E-state index contributed by atoms with van der Waals surface area (Å²) in [4.78, 5) is 13.6. The van der Waals surface area contributed by atoms with E-state index in [1.54, 1.807) is 0 Å². The number of unbranched alkanes of at least 4 members (excludes halogenated alkanes) is 2. The third kappa shape index (κ3) is 9.00. The van der Waals surface area contributed by atoms with Crippen LogP contribution in [-0.4, -0.2) is 47.7 Å². The van der Waals surface area contributed by atoms with Crippen molar-refractivity contribution in [3.8, 4) is 0 Å². The minimum Gasteiger partial charge on any atom is -0.480 e. The minimum atomic E-state index is -0.731. The van der Waals surface area contributed by atoms with E-state index in [2.05, 4.69) is 37.9 Å². The van der Waals surface area contributed by atoms with E-state index in [0.29, 0.717) is 12.5 Å². The van der Waals surface area contributed by atoms with Crippen molar-refractivity contribution in [3.05, 3.63) is 0 Å². The van der Waals surface area contributed by atoms with Crippen LogP contribution in [0.25, 0.3) is 0 Å². The van der Waals surface area contributed by atoms with Gasteiger partial charge < -0.3 is 15.3 Å². The molecule has 0 radical (unpaired) electrons. The normalized spacial score (nSPS) is 13.2. The summed E-state index contributed by atoms with van der Waals surface area (Å²) < 4.78 is 0. The third-order valence-corrected chi connectivity index (χ3v) is 3.42. The average molecular weight is 272 g/mol. The molecular formula is C15H32N2O2. The molecule has 0 amide bonds. The summed E-state index contributed by atoms with van der Waals surface area (Å²) in [6.07, 6.45) is 5.32. The van der Waals surface area contributed by atoms with Crippen molar-refractivity contribution < 1.29 is 9.90 Å². The van der Waals surface area contributed by atoms with E-state index >= 15 is 0 Å². The van der Waals surface area contributed by atoms with Crippen molar-refractivity contribution in [2.75, 3.05) is 19.6 Å². The highest BCUT2D eigenvalue weighted by Crippen LogP contribution is 2.06. The zero-order valence-electron chi connectivity index (χ0n) is 13.1. The maximum Gasteiger partial charge on any atom is 0.320 e. The van der Waals surface area contributed by atoms with Gasteiger partial charge in [0.2, 0.25) is 0 Å². The molecule has 0 fully saturated rings. The Morgan fingerprint density at radius 1 is 1.16 bits per heavy atom. The molecule has 0 spiro atoms. The van der Waals surface area contributed by atoms with Crippen LogP contribution < -0.4 is 5.32 Å². The maximum absolute atomic E-state index is 11.2. The molecule has 0 aliphatic carbocycles. The molecule has 4 nitrogen and oxygen atoms in total. The molecule has 0 aromatic carbocycles. The first-order valence-electron chi connectivity index (χ1n) is 7.73. The molecule has 19 heavy (non-hydrogen) atoms. The van der Waals surface area contributed by atoms with Crippen LogP contribution in [0.1, 0.15) is 59.8 Å². The van der Waals surface area contributed by atoms with Crippen LogP contribution >= 0.6 is 0 Å². The smallest absolute Gasteiger partial charge is 0.320 e. The molecule has 0 aromatic rings. The molecule has 0 bridgehead atoms. The molecular weight excluding hydrogens is 240 g/mol. The van der Waals surface area contributed by atoms with Crippen molar-refractivity contribution in [1.29, 1.82) is 0 Å². The van der Waals surface area contributed by atoms with Gasteiger partial charge >= 0.3 is 5.97 Å². The quantitative estimate of drug-likeness (QED) is 0.536. The Morgan fingerprint density at radius 2 is 1.84 bits per heavy atom. The van der Waals surface area contributed by atoms with Gasteiger partial charge in [0.05, 0.1) is 0 Å². The predicted octanol–water partition coefficient (Wildman–Crippen LogP) is 2.73. The summed E-state index contributed by atoms with van der Waals surface area (Å²) in [7, 11) is 0. The van der Waals surface area contributed by atoms with E-state index in [1.165, 1.54) is 19.3 Å². The summed E-state index contributed by atoms with van der Waals surface area (Å²) in [6.45, 7) is 11.3. The van der Waals surface area contributed by atoms with E-state index in [1.807, 2.05) is 0 Å². The van der Waals surface area contributed by atoms with Gasteiger partial charge in [-0.3, -0.25) is 4.79 Å². The Kier molecular flexibility index (Phi) is 10.9. The summed E-state index contributed by atoms with van der Waals surface area (Å²) >= 11 is 0. The number of aliphatic carboxylic acids is 1. The van der Waals surface area contributed by atoms with Gasteiger partial charge in [0.25, 0.3) is 0 Å². The fourth-order valence-corrected chi connectivity index (χ4v) is 2.12. The molecule has 0 rings (SSSR count). The highest BCUT2D eigenvalue weighted by atomic mass is 16.4. The van der Waals surface area contributed by atoms with E-state index in [0.717, 1.165) is 26.1 Å². The molecule has 0 heterocycles. The largest absolute Gasteiger partial charge is 0.480 e. The molecule has 1 unspecified atom stereocenters. The summed E-state index contributed by atoms with van der Waals surface area (Å²) in [5, 5.41) is 12.3. The van der Waals surface area contributed by atoms with E-state index in [-0.39, 0.29) is 0 Å². The fraction of sp³-hybridized carbons (Fsp3) is 0.933. The lowest BCUT2D eigenvalue weighted by Crippen LogP contribution is -2.42. The van der Waals surface area contributed by atoms with Crippen LogP contribution in [-0.2, 0) is 4.79 Å². The summed E-state index contributed by atoms with van der Waals surface area (Å²) in [6, 6.07) is 0.0739. The van der Waals surface area contributed by atoms with Crippen LogP contribution in [0.3, 0.4) is 0 Å². The number of carboxylic acid groups (broad SMARTS) is 1. The zero-order valence-corrected chi connectivity index (χ0v) is 13.1. The number of hydrogen-bond acceptors (Lipinski definition) is 3. The van der Waals surface area contributed by atoms with Gasteiger partial charge in [-0.25, -0.2) is 0 Å². The van der Waals surface area contributed by atoms with E-state index in [9.17, 15) is 9.90 Å². The van der Waals surface area contributed by atoms with Gasteiger partial charge in [-0.15, -0.1) is 0 Å². The highest BCUT2D eigenvalue weighted by Gasteiger charge is 2.18. The lowest BCUT2D eigenvalue weighted by Gasteiger charge is -2.27. The molecule has 0 aliphatic heterocycles. The zero-order chi connectivity index (χ0) is 14.7. The minimum absolute atomic E-state index is 0.410. The first-order valence-corrected chi connectivity index (χ1v) is 7.73. The number of nitrogens with one attached hydrogen (secondary N) is 1. The second-order valence-corrected chi connectivity index (χ2v) is 5.47. The van der Waals surface area contributed by atoms with Gasteiger partial charge in [-0.05, 0) is 46.2 Å². The van der Waals surface area contributed by atoms with Crippen LogP contribution in [0.15, 0.2) is 0 Å². The van der Waals surface area contributed by atoms with Crippen molar-refractivity contribution in [2.45, 2.75) is 71.9 Å². The van der Waals surface area contributed by atoms with Crippen LogP contribution in [0, 0.1) is 0 Å². The van der Waals surface area contributed by atoms with Gasteiger partial charge in [0, 0.05) is 12.6 Å². The van der Waals surface area contributed by atoms with Gasteiger partial charge in [-0.1, -0.05) is 26.7 Å². The topological polar surface area (TPSA) is 52.6 Å². The van der Waals surface area contributed by atoms with Crippen molar-refractivity contribution in [2.24, 2.45) is 0 Å². The molecule has 0 aromatic heterocycles. The lowest BCUT2D eigenvalue weighted by atomic mass is 10.1. The standard InChI is InChI=1S/C15H32N2O2/c1-5-7-8-11-17(13(3)4)12-9-14(15(18)19)16-10-6-2/h13-14,16H,5-12H2,1-4H3,(H,18,19). The molecule has 0 saturated heterocycles. The van der Waals surface area contributed by atoms with Gasteiger partial charge in [-0.2, -0.15) is 0 Å². The number of hydrogen-bond donors (Lipinski definition) is 2. The molecule has 0 saturated carbocycles. The molecule has 0 aliphatic rings. The van der Waals surface area contributed by atoms with E-state index < -0.39 is 12.0 Å². The van der Waals surface area contributed by atoms with Crippen LogP contribution in [0.2, 0.25) is 0 Å². The van der Waals surface area contributed by atoms with Crippen LogP contribution in [0.5, 0.6) is 0 Å². The molecule has 2 N–H and O–H groups in total. The third-order valence-electron chi connectivity index (χ3n) is 3.42. The first-order chi connectivity index (χ1) is 9.02. The monoisotopic (exact) mass is 272 g/mol. The molecule has 1 atom stereocenters. The Hall–Kier alpha value is -0.610. The van der Waals surface area contributed by atoms with E-state index in [4.69, 9.17) is 0 Å². The van der Waals surface area contributed by atoms with Crippen molar-refractivity contribution in [3.63, 3.8) is 0 Å². The van der Waals surface area contributed by atoms with Crippen molar-refractivity contribution in [1.82, 2.24) is 10.2 Å². The second-order valence-electron chi connectivity index (χ2n) is 5.47.